The third-order valence-electron chi connectivity index (χ3n) is 2.05. The summed E-state index contributed by atoms with van der Waals surface area (Å²) in [5, 5.41) is 23.8. The van der Waals surface area contributed by atoms with Gasteiger partial charge in [-0.25, -0.2) is 0 Å². The molecule has 0 aromatic heterocycles. The minimum Gasteiger partial charge on any atom is -0.592 e. The molecule has 70 valence electrons. The van der Waals surface area contributed by atoms with Gasteiger partial charge in [-0.2, -0.15) is 0 Å². The summed E-state index contributed by atoms with van der Waals surface area (Å²) in [6, 6.07) is 12.7. The van der Waals surface area contributed by atoms with Crippen LogP contribution in [0.2, 0.25) is 0 Å². The first-order valence-electron chi connectivity index (χ1n) is 4.13. The minimum absolute atomic E-state index is 0.197. The summed E-state index contributed by atoms with van der Waals surface area (Å²) in [4.78, 5) is 0.197. The Morgan fingerprint density at radius 2 is 1.79 bits per heavy atom. The second-order valence-corrected chi connectivity index (χ2v) is 2.86. The van der Waals surface area contributed by atoms with Crippen molar-refractivity contribution in [1.82, 2.24) is 0 Å². The summed E-state index contributed by atoms with van der Waals surface area (Å²) in [7, 11) is 0. The van der Waals surface area contributed by atoms with Crippen LogP contribution in [-0.2, 0) is 0 Å². The fourth-order valence-corrected chi connectivity index (χ4v) is 1.42. The maximum atomic E-state index is 11.1. The molecule has 0 unspecified atom stereocenters. The predicted molar refractivity (Wildman–Crippen MR) is 51.4 cm³/mol. The Labute approximate surface area is 80.3 Å². The second kappa shape index (κ2) is 3.33. The normalized spacial score (nSPS) is 11.9. The van der Waals surface area contributed by atoms with Crippen molar-refractivity contribution in [3.63, 3.8) is 0 Å². The molecule has 0 aliphatic heterocycles. The van der Waals surface area contributed by atoms with Crippen molar-refractivity contribution < 1.29 is 10.1 Å². The van der Waals surface area contributed by atoms with E-state index >= 15 is 0 Å². The SMILES string of the molecule is [O-]/[N+](=N/O)c1cccc2ccccc12. The van der Waals surface area contributed by atoms with Crippen LogP contribution in [0.4, 0.5) is 5.69 Å². The third-order valence-corrected chi connectivity index (χ3v) is 2.05. The van der Waals surface area contributed by atoms with Crippen LogP contribution in [0.25, 0.3) is 10.8 Å². The zero-order chi connectivity index (χ0) is 9.97. The molecule has 0 radical (unpaired) electrons. The molecule has 1 N–H and O–H groups in total. The quantitative estimate of drug-likeness (QED) is 0.425. The van der Waals surface area contributed by atoms with E-state index in [1.807, 2.05) is 24.3 Å². The average Bonchev–Trinajstić information content (AvgIpc) is 2.27. The van der Waals surface area contributed by atoms with Crippen molar-refractivity contribution in [1.29, 1.82) is 0 Å². The highest BCUT2D eigenvalue weighted by Gasteiger charge is 2.08. The maximum Gasteiger partial charge on any atom is 0.256 e. The van der Waals surface area contributed by atoms with Gasteiger partial charge in [-0.3, -0.25) is 0 Å². The topological polar surface area (TPSA) is 58.7 Å². The summed E-state index contributed by atoms with van der Waals surface area (Å²) in [6.45, 7) is 0. The molecular weight excluding hydrogens is 180 g/mol. The van der Waals surface area contributed by atoms with Crippen LogP contribution in [0.5, 0.6) is 0 Å². The van der Waals surface area contributed by atoms with Gasteiger partial charge >= 0.3 is 0 Å². The van der Waals surface area contributed by atoms with Crippen molar-refractivity contribution in [2.24, 2.45) is 5.28 Å². The Hall–Kier alpha value is -2.10. The highest BCUT2D eigenvalue weighted by Crippen LogP contribution is 2.24. The number of hydrogen-bond donors (Lipinski definition) is 1. The highest BCUT2D eigenvalue weighted by molar-refractivity contribution is 5.90. The van der Waals surface area contributed by atoms with E-state index in [1.54, 1.807) is 18.2 Å². The lowest BCUT2D eigenvalue weighted by molar-refractivity contribution is -0.472. The third kappa shape index (κ3) is 1.26. The lowest BCUT2D eigenvalue weighted by Gasteiger charge is -2.01. The Kier molecular flexibility index (Phi) is 2.02. The zero-order valence-corrected chi connectivity index (χ0v) is 7.29. The fourth-order valence-electron chi connectivity index (χ4n) is 1.42. The van der Waals surface area contributed by atoms with Gasteiger partial charge in [-0.15, -0.1) is 0 Å². The summed E-state index contributed by atoms with van der Waals surface area (Å²) in [6.07, 6.45) is 0. The molecule has 4 heteroatoms. The zero-order valence-electron chi connectivity index (χ0n) is 7.29. The van der Waals surface area contributed by atoms with Crippen LogP contribution < -0.4 is 0 Å². The molecule has 2 aromatic carbocycles. The number of rotatable bonds is 1. The standard InChI is InChI=1S/C10H8N2O2/c13-11-12(14)10-7-3-5-8-4-1-2-6-9(8)10/h1-7,13H/b12-11+. The largest absolute Gasteiger partial charge is 0.592 e. The lowest BCUT2D eigenvalue weighted by Crippen LogP contribution is -1.91. The molecule has 0 saturated carbocycles. The molecule has 0 aliphatic rings. The lowest BCUT2D eigenvalue weighted by atomic mass is 10.1. The van der Waals surface area contributed by atoms with Gasteiger partial charge in [0.2, 0.25) is 5.28 Å². The van der Waals surface area contributed by atoms with E-state index in [-0.39, 0.29) is 4.86 Å². The fraction of sp³-hybridized carbons (Fsp3) is 0. The highest BCUT2D eigenvalue weighted by atomic mass is 16.6. The first kappa shape index (κ1) is 8.50. The van der Waals surface area contributed by atoms with Gasteiger partial charge < -0.3 is 10.4 Å². The van der Waals surface area contributed by atoms with Gasteiger partial charge in [0.05, 0.1) is 5.39 Å². The number of hydrogen-bond acceptors (Lipinski definition) is 2. The Morgan fingerprint density at radius 1 is 1.07 bits per heavy atom. The molecule has 0 spiro atoms. The van der Waals surface area contributed by atoms with Crippen molar-refractivity contribution in [3.8, 4) is 0 Å². The number of fused-ring (bicyclic) bond motifs is 1. The number of nitrogens with zero attached hydrogens (tertiary/aromatic N) is 2. The van der Waals surface area contributed by atoms with Crippen LogP contribution in [0.15, 0.2) is 47.7 Å². The van der Waals surface area contributed by atoms with Gasteiger partial charge in [0, 0.05) is 6.07 Å². The van der Waals surface area contributed by atoms with Crippen molar-refractivity contribution in [3.05, 3.63) is 47.7 Å². The Morgan fingerprint density at radius 3 is 2.57 bits per heavy atom. The molecule has 0 amide bonds. The van der Waals surface area contributed by atoms with Crippen LogP contribution in [0, 0.1) is 5.21 Å². The first-order chi connectivity index (χ1) is 6.83. The summed E-state index contributed by atoms with van der Waals surface area (Å²) in [5.41, 5.74) is 0.339. The average molecular weight is 188 g/mol. The van der Waals surface area contributed by atoms with Crippen LogP contribution >= 0.6 is 0 Å². The van der Waals surface area contributed by atoms with Crippen LogP contribution in [0.3, 0.4) is 0 Å². The van der Waals surface area contributed by atoms with Gasteiger partial charge in [-0.05, 0) is 16.3 Å². The molecule has 0 heterocycles. The molecule has 0 aliphatic carbocycles. The van der Waals surface area contributed by atoms with Gasteiger partial charge in [-0.1, -0.05) is 30.3 Å². The second-order valence-electron chi connectivity index (χ2n) is 2.86. The molecule has 0 fully saturated rings. The molecular formula is C10H8N2O2. The minimum atomic E-state index is 0.197. The molecule has 4 nitrogen and oxygen atoms in total. The van der Waals surface area contributed by atoms with Crippen molar-refractivity contribution >= 4 is 16.5 Å². The van der Waals surface area contributed by atoms with Gasteiger partial charge in [0.1, 0.15) is 0 Å². The van der Waals surface area contributed by atoms with Gasteiger partial charge in [0.25, 0.3) is 5.69 Å². The van der Waals surface area contributed by atoms with E-state index in [2.05, 4.69) is 5.28 Å². The predicted octanol–water partition coefficient (Wildman–Crippen LogP) is 2.82. The smallest absolute Gasteiger partial charge is 0.256 e. The Bertz CT molecular complexity index is 489. The summed E-state index contributed by atoms with van der Waals surface area (Å²) in [5.74, 6) is 0. The Balaban J connectivity index is 2.77. The van der Waals surface area contributed by atoms with Crippen LogP contribution in [0.1, 0.15) is 0 Å². The van der Waals surface area contributed by atoms with E-state index in [9.17, 15) is 5.21 Å². The van der Waals surface area contributed by atoms with Crippen LogP contribution in [-0.4, -0.2) is 10.1 Å². The van der Waals surface area contributed by atoms with Crippen molar-refractivity contribution in [2.75, 3.05) is 0 Å². The van der Waals surface area contributed by atoms with E-state index in [0.717, 1.165) is 10.8 Å². The van der Waals surface area contributed by atoms with E-state index < -0.39 is 0 Å². The molecule has 2 aromatic rings. The van der Waals surface area contributed by atoms with E-state index in [0.29, 0.717) is 5.69 Å². The van der Waals surface area contributed by atoms with E-state index in [4.69, 9.17) is 5.21 Å². The summed E-state index contributed by atoms with van der Waals surface area (Å²) >= 11 is 0. The molecule has 0 saturated heterocycles. The molecule has 2 rings (SSSR count). The maximum absolute atomic E-state index is 11.1. The first-order valence-corrected chi connectivity index (χ1v) is 4.13. The molecule has 0 atom stereocenters. The summed E-state index contributed by atoms with van der Waals surface area (Å²) < 4.78 is 0. The molecule has 14 heavy (non-hydrogen) atoms. The monoisotopic (exact) mass is 188 g/mol. The number of benzene rings is 2. The van der Waals surface area contributed by atoms with Gasteiger partial charge in [0.15, 0.2) is 0 Å². The van der Waals surface area contributed by atoms with E-state index in [1.165, 1.54) is 0 Å². The molecule has 0 bridgehead atoms. The van der Waals surface area contributed by atoms with Crippen molar-refractivity contribution in [2.45, 2.75) is 0 Å².